The van der Waals surface area contributed by atoms with E-state index >= 15 is 0 Å². The molecule has 42 heavy (non-hydrogen) atoms. The lowest BCUT2D eigenvalue weighted by Gasteiger charge is -2.32. The predicted octanol–water partition coefficient (Wildman–Crippen LogP) is 4.76. The minimum Gasteiger partial charge on any atom is -0.478 e. The van der Waals surface area contributed by atoms with Crippen molar-refractivity contribution in [2.45, 2.75) is 51.0 Å². The van der Waals surface area contributed by atoms with E-state index in [1.54, 1.807) is 12.1 Å². The first kappa shape index (κ1) is 26.6. The first-order chi connectivity index (χ1) is 20.5. The number of rotatable bonds is 9. The van der Waals surface area contributed by atoms with Crippen LogP contribution in [0, 0.1) is 0 Å². The van der Waals surface area contributed by atoms with Crippen molar-refractivity contribution in [3.63, 3.8) is 0 Å². The molecule has 0 radical (unpaired) electrons. The number of aryl methyl sites for hydroxylation is 1. The van der Waals surface area contributed by atoms with Crippen LogP contribution >= 0.6 is 0 Å². The number of nitrogens with zero attached hydrogens (tertiary/aromatic N) is 6. The largest absolute Gasteiger partial charge is 0.478 e. The van der Waals surface area contributed by atoms with Gasteiger partial charge in [-0.15, -0.1) is 0 Å². The van der Waals surface area contributed by atoms with Crippen molar-refractivity contribution >= 4 is 27.9 Å². The van der Waals surface area contributed by atoms with Gasteiger partial charge in [0.2, 0.25) is 5.88 Å². The molecule has 0 spiro atoms. The van der Waals surface area contributed by atoms with Crippen molar-refractivity contribution in [2.75, 3.05) is 19.7 Å². The SMILES string of the molecule is Cn1ncc2ccc(COc3cccc(C4CCN(Cc5nc6ccc(C(=O)O)cc6n5CC5CCO5)CC4)n3)cc21. The van der Waals surface area contributed by atoms with Crippen molar-refractivity contribution in [2.24, 2.45) is 7.05 Å². The summed E-state index contributed by atoms with van der Waals surface area (Å²) in [6, 6.07) is 17.5. The van der Waals surface area contributed by atoms with E-state index in [-0.39, 0.29) is 11.7 Å². The number of aromatic carboxylic acids is 1. The molecule has 0 aliphatic carbocycles. The molecule has 0 bridgehead atoms. The third-order valence-corrected chi connectivity index (χ3v) is 8.57. The third-order valence-electron chi connectivity index (χ3n) is 8.57. The van der Waals surface area contributed by atoms with Crippen molar-refractivity contribution in [3.8, 4) is 5.88 Å². The summed E-state index contributed by atoms with van der Waals surface area (Å²) in [6.07, 6.45) is 5.04. The summed E-state index contributed by atoms with van der Waals surface area (Å²) in [4.78, 5) is 23.8. The Morgan fingerprint density at radius 2 is 1.90 bits per heavy atom. The first-order valence-electron chi connectivity index (χ1n) is 14.6. The molecule has 10 nitrogen and oxygen atoms in total. The Morgan fingerprint density at radius 3 is 2.69 bits per heavy atom. The normalized spacial score (nSPS) is 18.0. The number of fused-ring (bicyclic) bond motifs is 2. The van der Waals surface area contributed by atoms with Gasteiger partial charge in [0, 0.05) is 36.7 Å². The van der Waals surface area contributed by atoms with Crippen LogP contribution in [-0.2, 0) is 31.5 Å². The van der Waals surface area contributed by atoms with Gasteiger partial charge in [0.25, 0.3) is 0 Å². The predicted molar refractivity (Wildman–Crippen MR) is 158 cm³/mol. The Bertz CT molecular complexity index is 1750. The van der Waals surface area contributed by atoms with Crippen molar-refractivity contribution in [1.82, 2.24) is 29.2 Å². The second-order valence-corrected chi connectivity index (χ2v) is 11.3. The van der Waals surface area contributed by atoms with Crippen molar-refractivity contribution < 1.29 is 19.4 Å². The highest BCUT2D eigenvalue weighted by Crippen LogP contribution is 2.30. The molecule has 5 heterocycles. The molecule has 5 aromatic rings. The van der Waals surface area contributed by atoms with E-state index in [2.05, 4.69) is 38.8 Å². The first-order valence-corrected chi connectivity index (χ1v) is 14.6. The fraction of sp³-hybridized carbons (Fsp3) is 0.375. The summed E-state index contributed by atoms with van der Waals surface area (Å²) in [6.45, 7) is 4.52. The molecule has 2 fully saturated rings. The lowest BCUT2D eigenvalue weighted by molar-refractivity contribution is -0.0592. The summed E-state index contributed by atoms with van der Waals surface area (Å²) in [7, 11) is 1.95. The van der Waals surface area contributed by atoms with Crippen LogP contribution in [0.2, 0.25) is 0 Å². The number of carbonyl (C=O) groups is 1. The van der Waals surface area contributed by atoms with Crippen LogP contribution in [0.5, 0.6) is 5.88 Å². The molecule has 10 heteroatoms. The van der Waals surface area contributed by atoms with E-state index < -0.39 is 5.97 Å². The van der Waals surface area contributed by atoms with Crippen LogP contribution in [0.15, 0.2) is 60.8 Å². The highest BCUT2D eigenvalue weighted by Gasteiger charge is 2.26. The van der Waals surface area contributed by atoms with Gasteiger partial charge in [-0.3, -0.25) is 9.58 Å². The van der Waals surface area contributed by atoms with Gasteiger partial charge in [0.1, 0.15) is 12.4 Å². The van der Waals surface area contributed by atoms with Crippen molar-refractivity contribution in [1.29, 1.82) is 0 Å². The fourth-order valence-electron chi connectivity index (χ4n) is 6.02. The molecule has 2 aliphatic heterocycles. The number of likely N-dealkylation sites (tertiary alicyclic amines) is 1. The zero-order valence-corrected chi connectivity index (χ0v) is 23.6. The minimum atomic E-state index is -0.928. The van der Waals surface area contributed by atoms with E-state index in [1.165, 1.54) is 0 Å². The zero-order chi connectivity index (χ0) is 28.6. The number of imidazole rings is 1. The number of carboxylic acids is 1. The Balaban J connectivity index is 1.00. The minimum absolute atomic E-state index is 0.152. The fourth-order valence-corrected chi connectivity index (χ4v) is 6.02. The molecule has 1 N–H and O–H groups in total. The number of hydrogen-bond donors (Lipinski definition) is 1. The van der Waals surface area contributed by atoms with Crippen LogP contribution in [0.1, 0.15) is 52.6 Å². The van der Waals surface area contributed by atoms with Gasteiger partial charge in [-0.2, -0.15) is 5.10 Å². The average Bonchev–Trinajstić information content (AvgIpc) is 3.53. The summed E-state index contributed by atoms with van der Waals surface area (Å²) in [5.41, 5.74) is 5.20. The number of ether oxygens (including phenoxy) is 2. The standard InChI is InChI=1S/C32H34N6O4/c1-36-28-15-21(5-6-24(28)17-33-36)20-42-31-4-2-3-26(35-31)22-9-12-37(13-10-22)19-30-34-27-8-7-23(32(39)40)16-29(27)38(30)18-25-11-14-41-25/h2-8,15-17,22,25H,9-14,18-20H2,1H3,(H,39,40). The van der Waals surface area contributed by atoms with E-state index in [9.17, 15) is 9.90 Å². The second-order valence-electron chi connectivity index (χ2n) is 11.3. The molecular weight excluding hydrogens is 532 g/mol. The number of piperidine rings is 1. The molecule has 2 aromatic carbocycles. The number of carboxylic acid groups (broad SMARTS) is 1. The molecule has 1 unspecified atom stereocenters. The molecule has 0 saturated carbocycles. The quantitative estimate of drug-likeness (QED) is 0.272. The molecule has 7 rings (SSSR count). The van der Waals surface area contributed by atoms with Gasteiger partial charge in [0.05, 0.1) is 47.5 Å². The van der Waals surface area contributed by atoms with Gasteiger partial charge < -0.3 is 19.1 Å². The maximum Gasteiger partial charge on any atom is 0.335 e. The van der Waals surface area contributed by atoms with E-state index in [4.69, 9.17) is 19.4 Å². The Labute approximate surface area is 243 Å². The summed E-state index contributed by atoms with van der Waals surface area (Å²) in [5, 5.41) is 15.0. The number of aromatic nitrogens is 5. The van der Waals surface area contributed by atoms with Gasteiger partial charge in [-0.1, -0.05) is 18.2 Å². The zero-order valence-electron chi connectivity index (χ0n) is 23.6. The number of pyridine rings is 1. The van der Waals surface area contributed by atoms with Crippen LogP contribution in [0.3, 0.4) is 0 Å². The molecule has 0 amide bonds. The maximum absolute atomic E-state index is 11.6. The van der Waals surface area contributed by atoms with E-state index in [1.807, 2.05) is 36.1 Å². The molecule has 3 aromatic heterocycles. The Morgan fingerprint density at radius 1 is 1.05 bits per heavy atom. The van der Waals surface area contributed by atoms with E-state index in [0.29, 0.717) is 31.5 Å². The molecule has 216 valence electrons. The van der Waals surface area contributed by atoms with Gasteiger partial charge in [0.15, 0.2) is 0 Å². The smallest absolute Gasteiger partial charge is 0.335 e. The monoisotopic (exact) mass is 566 g/mol. The third kappa shape index (κ3) is 5.35. The summed E-state index contributed by atoms with van der Waals surface area (Å²) >= 11 is 0. The highest BCUT2D eigenvalue weighted by atomic mass is 16.5. The lowest BCUT2D eigenvalue weighted by atomic mass is 9.93. The van der Waals surface area contributed by atoms with Crippen LogP contribution in [0.25, 0.3) is 21.9 Å². The van der Waals surface area contributed by atoms with Crippen LogP contribution in [-0.4, -0.2) is 66.1 Å². The summed E-state index contributed by atoms with van der Waals surface area (Å²) < 4.78 is 15.8. The number of hydrogen-bond acceptors (Lipinski definition) is 7. The molecular formula is C32H34N6O4. The van der Waals surface area contributed by atoms with Crippen LogP contribution < -0.4 is 4.74 Å². The molecule has 2 aliphatic rings. The van der Waals surface area contributed by atoms with Crippen LogP contribution in [0.4, 0.5) is 0 Å². The molecule has 2 saturated heterocycles. The highest BCUT2D eigenvalue weighted by molar-refractivity contribution is 5.92. The lowest BCUT2D eigenvalue weighted by Crippen LogP contribution is -2.35. The number of benzene rings is 2. The topological polar surface area (TPSA) is 108 Å². The van der Waals surface area contributed by atoms with Crippen molar-refractivity contribution in [3.05, 3.63) is 83.4 Å². The van der Waals surface area contributed by atoms with Gasteiger partial charge in [-0.25, -0.2) is 14.8 Å². The maximum atomic E-state index is 11.6. The second kappa shape index (κ2) is 11.2. The van der Waals surface area contributed by atoms with Gasteiger partial charge in [-0.05, 0) is 68.2 Å². The Hall–Kier alpha value is -4.28. The van der Waals surface area contributed by atoms with E-state index in [0.717, 1.165) is 78.0 Å². The average molecular weight is 567 g/mol. The summed E-state index contributed by atoms with van der Waals surface area (Å²) in [5.74, 6) is 1.05. The molecule has 1 atom stereocenters. The van der Waals surface area contributed by atoms with Gasteiger partial charge >= 0.3 is 5.97 Å². The Kier molecular flexibility index (Phi) is 7.09.